The van der Waals surface area contributed by atoms with E-state index in [9.17, 15) is 9.59 Å². The Bertz CT molecular complexity index is 372. The average Bonchev–Trinajstić information content (AvgIpc) is 2.58. The Morgan fingerprint density at radius 1 is 1.46 bits per heavy atom. The van der Waals surface area contributed by atoms with Crippen LogP contribution in [0.3, 0.4) is 0 Å². The van der Waals surface area contributed by atoms with Gasteiger partial charge in [-0.05, 0) is 22.0 Å². The highest BCUT2D eigenvalue weighted by Crippen LogP contribution is 2.29. The van der Waals surface area contributed by atoms with E-state index in [4.69, 9.17) is 4.42 Å². The maximum absolute atomic E-state index is 11.1. The minimum Gasteiger partial charge on any atom is -0.464 e. The molecule has 1 unspecified atom stereocenters. The quantitative estimate of drug-likeness (QED) is 0.811. The molecule has 5 nitrogen and oxygen atoms in total. The highest BCUT2D eigenvalue weighted by Gasteiger charge is 2.37. The fourth-order valence-corrected chi connectivity index (χ4v) is 1.43. The Morgan fingerprint density at radius 3 is 2.69 bits per heavy atom. The summed E-state index contributed by atoms with van der Waals surface area (Å²) < 4.78 is 10.3. The molecule has 0 saturated carbocycles. The van der Waals surface area contributed by atoms with Gasteiger partial charge in [-0.1, -0.05) is 0 Å². The van der Waals surface area contributed by atoms with Gasteiger partial charge >= 0.3 is 6.09 Å². The molecule has 1 N–H and O–H groups in total. The molecule has 1 fully saturated rings. The molecule has 1 atom stereocenters. The fourth-order valence-electron chi connectivity index (χ4n) is 1.02. The molecule has 0 spiro atoms. The van der Waals surface area contributed by atoms with Crippen LogP contribution in [0.2, 0.25) is 0 Å². The first kappa shape index (κ1) is 8.31. The SMILES string of the molecule is O=C1NC(=O)C(c2occc2Br)O1. The van der Waals surface area contributed by atoms with Crippen LogP contribution in [0.4, 0.5) is 4.79 Å². The van der Waals surface area contributed by atoms with Crippen LogP contribution in [0.25, 0.3) is 0 Å². The highest BCUT2D eigenvalue weighted by molar-refractivity contribution is 9.10. The van der Waals surface area contributed by atoms with E-state index in [1.165, 1.54) is 6.26 Å². The molecule has 2 rings (SSSR count). The predicted molar refractivity (Wildman–Crippen MR) is 43.8 cm³/mol. The van der Waals surface area contributed by atoms with Crippen molar-refractivity contribution in [2.24, 2.45) is 0 Å². The Balaban J connectivity index is 2.32. The molecule has 13 heavy (non-hydrogen) atoms. The highest BCUT2D eigenvalue weighted by atomic mass is 79.9. The molecule has 0 aromatic carbocycles. The van der Waals surface area contributed by atoms with E-state index in [1.807, 2.05) is 5.32 Å². The summed E-state index contributed by atoms with van der Waals surface area (Å²) in [6, 6.07) is 1.62. The van der Waals surface area contributed by atoms with Crippen molar-refractivity contribution in [1.82, 2.24) is 5.32 Å². The van der Waals surface area contributed by atoms with Gasteiger partial charge in [-0.25, -0.2) is 4.79 Å². The summed E-state index contributed by atoms with van der Waals surface area (Å²) in [4.78, 5) is 21.8. The number of alkyl carbamates (subject to hydrolysis) is 1. The minimum atomic E-state index is -0.975. The van der Waals surface area contributed by atoms with Gasteiger partial charge in [0.15, 0.2) is 5.76 Å². The van der Waals surface area contributed by atoms with Crippen LogP contribution in [0.1, 0.15) is 11.9 Å². The maximum atomic E-state index is 11.1. The lowest BCUT2D eigenvalue weighted by Crippen LogP contribution is -2.20. The van der Waals surface area contributed by atoms with Crippen molar-refractivity contribution in [1.29, 1.82) is 0 Å². The number of hydrogen-bond donors (Lipinski definition) is 1. The van der Waals surface area contributed by atoms with Gasteiger partial charge in [-0.15, -0.1) is 0 Å². The molecule has 2 amide bonds. The second-order valence-corrected chi connectivity index (χ2v) is 3.26. The monoisotopic (exact) mass is 245 g/mol. The van der Waals surface area contributed by atoms with Gasteiger partial charge in [-0.3, -0.25) is 10.1 Å². The molecule has 1 saturated heterocycles. The number of amides is 2. The van der Waals surface area contributed by atoms with Gasteiger partial charge in [-0.2, -0.15) is 0 Å². The Hall–Kier alpha value is -1.30. The molecule has 1 aromatic rings. The van der Waals surface area contributed by atoms with Crippen LogP contribution < -0.4 is 5.32 Å². The van der Waals surface area contributed by atoms with Crippen LogP contribution >= 0.6 is 15.9 Å². The molecule has 1 aliphatic heterocycles. The van der Waals surface area contributed by atoms with Crippen molar-refractivity contribution >= 4 is 27.9 Å². The van der Waals surface area contributed by atoms with Gasteiger partial charge in [0, 0.05) is 0 Å². The molecule has 0 radical (unpaired) electrons. The first-order valence-electron chi connectivity index (χ1n) is 3.43. The van der Waals surface area contributed by atoms with E-state index >= 15 is 0 Å². The zero-order chi connectivity index (χ0) is 9.42. The normalized spacial score (nSPS) is 21.5. The summed E-state index contributed by atoms with van der Waals surface area (Å²) in [6.07, 6.45) is -0.325. The number of halogens is 1. The van der Waals surface area contributed by atoms with Crippen LogP contribution in [-0.2, 0) is 9.53 Å². The van der Waals surface area contributed by atoms with Crippen molar-refractivity contribution in [3.63, 3.8) is 0 Å². The van der Waals surface area contributed by atoms with Gasteiger partial charge in [0.2, 0.25) is 6.10 Å². The largest absolute Gasteiger partial charge is 0.464 e. The van der Waals surface area contributed by atoms with Gasteiger partial charge in [0.1, 0.15) is 0 Å². The lowest BCUT2D eigenvalue weighted by Gasteiger charge is -2.01. The number of carbonyl (C=O) groups excluding carboxylic acids is 2. The predicted octanol–water partition coefficient (Wildman–Crippen LogP) is 1.35. The first-order chi connectivity index (χ1) is 6.18. The molecule has 6 heteroatoms. The van der Waals surface area contributed by atoms with Crippen LogP contribution in [0.5, 0.6) is 0 Å². The standard InChI is InChI=1S/C7H4BrNO4/c8-3-1-2-12-4(3)5-6(10)9-7(11)13-5/h1-2,5H,(H,9,10,11). The van der Waals surface area contributed by atoms with Gasteiger partial charge in [0.05, 0.1) is 10.7 Å². The molecular formula is C7H4BrNO4. The number of cyclic esters (lactones) is 1. The topological polar surface area (TPSA) is 68.5 Å². The summed E-state index contributed by atoms with van der Waals surface area (Å²) in [7, 11) is 0. The third-order valence-corrected chi connectivity index (χ3v) is 2.23. The summed E-state index contributed by atoms with van der Waals surface area (Å²) in [5.74, 6) is -0.219. The smallest absolute Gasteiger partial charge is 0.415 e. The third-order valence-electron chi connectivity index (χ3n) is 1.57. The minimum absolute atomic E-state index is 0.295. The van der Waals surface area contributed by atoms with Gasteiger partial charge in [0.25, 0.3) is 5.91 Å². The second-order valence-electron chi connectivity index (χ2n) is 2.41. The van der Waals surface area contributed by atoms with E-state index in [-0.39, 0.29) is 0 Å². The average molecular weight is 246 g/mol. The number of nitrogens with one attached hydrogen (secondary N) is 1. The Morgan fingerprint density at radius 2 is 2.23 bits per heavy atom. The van der Waals surface area contributed by atoms with Crippen molar-refractivity contribution in [2.75, 3.05) is 0 Å². The number of hydrogen-bond acceptors (Lipinski definition) is 4. The van der Waals surface area contributed by atoms with Crippen LogP contribution in [0, 0.1) is 0 Å². The second kappa shape index (κ2) is 2.88. The van der Waals surface area contributed by atoms with Crippen molar-refractivity contribution in [3.8, 4) is 0 Å². The van der Waals surface area contributed by atoms with E-state index in [0.717, 1.165) is 0 Å². The van der Waals surface area contributed by atoms with E-state index in [0.29, 0.717) is 10.2 Å². The van der Waals surface area contributed by atoms with Crippen molar-refractivity contribution in [2.45, 2.75) is 6.10 Å². The van der Waals surface area contributed by atoms with Crippen LogP contribution in [0.15, 0.2) is 21.2 Å². The molecule has 68 valence electrons. The Kier molecular flexibility index (Phi) is 1.84. The van der Waals surface area contributed by atoms with E-state index < -0.39 is 18.1 Å². The third kappa shape index (κ3) is 1.33. The molecule has 0 bridgehead atoms. The lowest BCUT2D eigenvalue weighted by molar-refractivity contribution is -0.124. The lowest BCUT2D eigenvalue weighted by atomic mass is 10.3. The van der Waals surface area contributed by atoms with Crippen LogP contribution in [-0.4, -0.2) is 12.0 Å². The number of imide groups is 1. The van der Waals surface area contributed by atoms with E-state index in [2.05, 4.69) is 20.7 Å². The zero-order valence-electron chi connectivity index (χ0n) is 6.24. The van der Waals surface area contributed by atoms with E-state index in [1.54, 1.807) is 6.07 Å². The Labute approximate surface area is 81.2 Å². The molecular weight excluding hydrogens is 242 g/mol. The molecule has 0 aliphatic carbocycles. The summed E-state index contributed by atoms with van der Waals surface area (Å²) >= 11 is 3.16. The zero-order valence-corrected chi connectivity index (χ0v) is 7.83. The summed E-state index contributed by atoms with van der Waals surface area (Å²) in [6.45, 7) is 0. The first-order valence-corrected chi connectivity index (χ1v) is 4.22. The fraction of sp³-hybridized carbons (Fsp3) is 0.143. The maximum Gasteiger partial charge on any atom is 0.415 e. The molecule has 2 heterocycles. The number of carbonyl (C=O) groups is 2. The number of ether oxygens (including phenoxy) is 1. The van der Waals surface area contributed by atoms with Gasteiger partial charge < -0.3 is 9.15 Å². The number of rotatable bonds is 1. The number of furan rings is 1. The molecule has 1 aliphatic rings. The van der Waals surface area contributed by atoms with Crippen molar-refractivity contribution < 1.29 is 18.7 Å². The molecule has 1 aromatic heterocycles. The summed E-state index contributed by atoms with van der Waals surface area (Å²) in [5.41, 5.74) is 0. The summed E-state index contributed by atoms with van der Waals surface area (Å²) in [5, 5.41) is 2.00. The van der Waals surface area contributed by atoms with Crippen molar-refractivity contribution in [3.05, 3.63) is 22.6 Å².